The lowest BCUT2D eigenvalue weighted by Crippen LogP contribution is -2.19. The maximum atomic E-state index is 11.6. The number of anilines is 1. The molecule has 2 rings (SSSR count). The number of nitrogens with one attached hydrogen (secondary N) is 2. The van der Waals surface area contributed by atoms with E-state index in [2.05, 4.69) is 25.5 Å². The minimum Gasteiger partial charge on any atom is -0.373 e. The molecule has 0 aliphatic heterocycles. The van der Waals surface area contributed by atoms with Gasteiger partial charge >= 0.3 is 5.69 Å². The van der Waals surface area contributed by atoms with E-state index in [1.165, 1.54) is 18.1 Å². The van der Waals surface area contributed by atoms with Crippen LogP contribution >= 0.6 is 11.8 Å². The van der Waals surface area contributed by atoms with Crippen molar-refractivity contribution in [3.8, 4) is 0 Å². The molecule has 0 bridgehead atoms. The molecule has 0 saturated carbocycles. The summed E-state index contributed by atoms with van der Waals surface area (Å²) in [6, 6.07) is 1.85. The van der Waals surface area contributed by atoms with Crippen LogP contribution in [0.25, 0.3) is 0 Å². The van der Waals surface area contributed by atoms with Crippen LogP contribution in [0, 0.1) is 0 Å². The van der Waals surface area contributed by atoms with Crippen LogP contribution in [0.5, 0.6) is 0 Å². The lowest BCUT2D eigenvalue weighted by molar-refractivity contribution is 0.534. The quantitative estimate of drug-likeness (QED) is 0.807. The molecule has 2 aromatic heterocycles. The van der Waals surface area contributed by atoms with Gasteiger partial charge in [-0.15, -0.1) is 5.10 Å². The highest BCUT2D eigenvalue weighted by molar-refractivity contribution is 7.99. The first-order valence-corrected chi connectivity index (χ1v) is 6.28. The average Bonchev–Trinajstić information content (AvgIpc) is 2.70. The lowest BCUT2D eigenvalue weighted by Gasteiger charge is -2.08. The molecule has 0 amide bonds. The van der Waals surface area contributed by atoms with Crippen LogP contribution in [0.2, 0.25) is 0 Å². The van der Waals surface area contributed by atoms with Gasteiger partial charge in [-0.25, -0.2) is 19.9 Å². The van der Waals surface area contributed by atoms with Gasteiger partial charge in [0.05, 0.1) is 0 Å². The maximum Gasteiger partial charge on any atom is 0.344 e. The molecule has 2 heterocycles. The van der Waals surface area contributed by atoms with E-state index in [4.69, 9.17) is 0 Å². The van der Waals surface area contributed by atoms with E-state index >= 15 is 0 Å². The highest BCUT2D eigenvalue weighted by Crippen LogP contribution is 2.25. The molecule has 0 aliphatic carbocycles. The third kappa shape index (κ3) is 2.53. The zero-order chi connectivity index (χ0) is 13.1. The number of hydrogen-bond donors (Lipinski definition) is 2. The molecule has 0 atom stereocenters. The monoisotopic (exact) mass is 266 g/mol. The van der Waals surface area contributed by atoms with Crippen molar-refractivity contribution in [2.75, 3.05) is 12.4 Å². The fourth-order valence-corrected chi connectivity index (χ4v) is 2.38. The van der Waals surface area contributed by atoms with Crippen LogP contribution in [0.4, 0.5) is 5.82 Å². The topological polar surface area (TPSA) is 88.5 Å². The van der Waals surface area contributed by atoms with Gasteiger partial charge in [-0.3, -0.25) is 4.57 Å². The molecular formula is C10H14N6OS. The fourth-order valence-electron chi connectivity index (χ4n) is 1.44. The normalized spacial score (nSPS) is 10.9. The van der Waals surface area contributed by atoms with Crippen molar-refractivity contribution >= 4 is 17.6 Å². The first-order chi connectivity index (χ1) is 8.61. The number of aromatic nitrogens is 5. The molecule has 0 unspecified atom stereocenters. The van der Waals surface area contributed by atoms with E-state index in [0.29, 0.717) is 5.16 Å². The van der Waals surface area contributed by atoms with Crippen molar-refractivity contribution in [1.82, 2.24) is 24.7 Å². The van der Waals surface area contributed by atoms with Crippen molar-refractivity contribution in [3.05, 3.63) is 22.9 Å². The SMILES string of the molecule is CNc1cc(Sc2n[nH]c(=O)n2C(C)C)ncn1. The number of H-pyrrole nitrogens is 1. The smallest absolute Gasteiger partial charge is 0.344 e. The molecule has 7 nitrogen and oxygen atoms in total. The third-order valence-electron chi connectivity index (χ3n) is 2.28. The van der Waals surface area contributed by atoms with Gasteiger partial charge < -0.3 is 5.32 Å². The summed E-state index contributed by atoms with van der Waals surface area (Å²) in [5.41, 5.74) is -0.213. The molecule has 0 spiro atoms. The van der Waals surface area contributed by atoms with Gasteiger partial charge in [0, 0.05) is 19.2 Å². The first kappa shape index (κ1) is 12.6. The Balaban J connectivity index is 2.31. The van der Waals surface area contributed by atoms with E-state index < -0.39 is 0 Å². The second kappa shape index (κ2) is 5.21. The van der Waals surface area contributed by atoms with Crippen LogP contribution < -0.4 is 11.0 Å². The molecule has 8 heteroatoms. The minimum atomic E-state index is -0.213. The van der Waals surface area contributed by atoms with Gasteiger partial charge in [0.15, 0.2) is 5.16 Å². The molecular weight excluding hydrogens is 252 g/mol. The number of hydrogen-bond acceptors (Lipinski definition) is 6. The Kier molecular flexibility index (Phi) is 3.66. The first-order valence-electron chi connectivity index (χ1n) is 5.46. The molecule has 96 valence electrons. The van der Waals surface area contributed by atoms with Gasteiger partial charge in [0.25, 0.3) is 0 Å². The third-order valence-corrected chi connectivity index (χ3v) is 3.19. The van der Waals surface area contributed by atoms with E-state index in [1.54, 1.807) is 17.7 Å². The van der Waals surface area contributed by atoms with Crippen LogP contribution in [0.15, 0.2) is 27.4 Å². The predicted molar refractivity (Wildman–Crippen MR) is 68.9 cm³/mol. The summed E-state index contributed by atoms with van der Waals surface area (Å²) in [5, 5.41) is 10.7. The zero-order valence-electron chi connectivity index (χ0n) is 10.3. The molecule has 0 saturated heterocycles. The van der Waals surface area contributed by atoms with Gasteiger partial charge in [-0.05, 0) is 25.6 Å². The van der Waals surface area contributed by atoms with Crippen molar-refractivity contribution < 1.29 is 0 Å². The average molecular weight is 266 g/mol. The second-order valence-corrected chi connectivity index (χ2v) is 4.86. The predicted octanol–water partition coefficient (Wildman–Crippen LogP) is 1.14. The van der Waals surface area contributed by atoms with Crippen molar-refractivity contribution in [1.29, 1.82) is 0 Å². The maximum absolute atomic E-state index is 11.6. The Morgan fingerprint density at radius 2 is 2.22 bits per heavy atom. The minimum absolute atomic E-state index is 0.0457. The van der Waals surface area contributed by atoms with Gasteiger partial charge in [-0.2, -0.15) is 0 Å². The molecule has 0 aromatic carbocycles. The summed E-state index contributed by atoms with van der Waals surface area (Å²) in [7, 11) is 1.79. The van der Waals surface area contributed by atoms with Gasteiger partial charge in [-0.1, -0.05) is 0 Å². The zero-order valence-corrected chi connectivity index (χ0v) is 11.2. The fraction of sp³-hybridized carbons (Fsp3) is 0.400. The van der Waals surface area contributed by atoms with Crippen LogP contribution in [-0.4, -0.2) is 31.8 Å². The Morgan fingerprint density at radius 1 is 1.44 bits per heavy atom. The highest BCUT2D eigenvalue weighted by Gasteiger charge is 2.13. The summed E-state index contributed by atoms with van der Waals surface area (Å²) < 4.78 is 1.59. The summed E-state index contributed by atoms with van der Waals surface area (Å²) in [6.45, 7) is 3.86. The molecule has 0 fully saturated rings. The Labute approximate surface area is 108 Å². The van der Waals surface area contributed by atoms with Crippen molar-refractivity contribution in [2.45, 2.75) is 30.1 Å². The Morgan fingerprint density at radius 3 is 2.89 bits per heavy atom. The van der Waals surface area contributed by atoms with Gasteiger partial charge in [0.2, 0.25) is 0 Å². The second-order valence-electron chi connectivity index (χ2n) is 3.87. The van der Waals surface area contributed by atoms with Crippen LogP contribution in [-0.2, 0) is 0 Å². The number of nitrogens with zero attached hydrogens (tertiary/aromatic N) is 4. The van der Waals surface area contributed by atoms with Crippen molar-refractivity contribution in [3.63, 3.8) is 0 Å². The lowest BCUT2D eigenvalue weighted by atomic mass is 10.4. The highest BCUT2D eigenvalue weighted by atomic mass is 32.2. The van der Waals surface area contributed by atoms with E-state index in [0.717, 1.165) is 10.8 Å². The summed E-state index contributed by atoms with van der Waals surface area (Å²) in [5.74, 6) is 0.724. The summed E-state index contributed by atoms with van der Waals surface area (Å²) in [4.78, 5) is 19.7. The Hall–Kier alpha value is -1.83. The van der Waals surface area contributed by atoms with Crippen LogP contribution in [0.1, 0.15) is 19.9 Å². The van der Waals surface area contributed by atoms with E-state index in [9.17, 15) is 4.79 Å². The largest absolute Gasteiger partial charge is 0.373 e. The van der Waals surface area contributed by atoms with Crippen LogP contribution in [0.3, 0.4) is 0 Å². The number of aromatic amines is 1. The molecule has 2 aromatic rings. The van der Waals surface area contributed by atoms with Crippen molar-refractivity contribution in [2.24, 2.45) is 0 Å². The Bertz CT molecular complexity index is 590. The van der Waals surface area contributed by atoms with Gasteiger partial charge in [0.1, 0.15) is 17.2 Å². The standard InChI is InChI=1S/C10H14N6OS/c1-6(2)16-9(17)14-15-10(16)18-8-4-7(11-3)12-5-13-8/h4-6H,1-3H3,(H,14,17)(H,11,12,13). The molecule has 18 heavy (non-hydrogen) atoms. The number of rotatable bonds is 4. The molecule has 2 N–H and O–H groups in total. The van der Waals surface area contributed by atoms with E-state index in [-0.39, 0.29) is 11.7 Å². The van der Waals surface area contributed by atoms with E-state index in [1.807, 2.05) is 13.8 Å². The summed E-state index contributed by atoms with van der Waals surface area (Å²) in [6.07, 6.45) is 1.47. The summed E-state index contributed by atoms with van der Waals surface area (Å²) >= 11 is 1.32. The molecule has 0 aliphatic rings. The molecule has 0 radical (unpaired) electrons.